The molecule has 0 spiro atoms. The highest BCUT2D eigenvalue weighted by Crippen LogP contribution is 2.11. The van der Waals surface area contributed by atoms with E-state index in [-0.39, 0.29) is 17.0 Å². The Morgan fingerprint density at radius 3 is 2.53 bits per heavy atom. The first kappa shape index (κ1) is 11.9. The van der Waals surface area contributed by atoms with Gasteiger partial charge < -0.3 is 10.3 Å². The molecule has 0 saturated heterocycles. The third-order valence-electron chi connectivity index (χ3n) is 2.25. The topological polar surface area (TPSA) is 44.9 Å². The van der Waals surface area contributed by atoms with E-state index in [0.717, 1.165) is 11.3 Å². The van der Waals surface area contributed by atoms with Gasteiger partial charge in [0, 0.05) is 29.7 Å². The largest absolute Gasteiger partial charge is 0.315 e. The summed E-state index contributed by atoms with van der Waals surface area (Å²) in [4.78, 5) is 13.3. The second-order valence-electron chi connectivity index (χ2n) is 3.48. The second kappa shape index (κ2) is 5.20. The minimum atomic E-state index is -0.573. The summed E-state index contributed by atoms with van der Waals surface area (Å²) >= 11 is 1.06. The number of aromatic nitrogens is 1. The van der Waals surface area contributed by atoms with Crippen LogP contribution in [0, 0.1) is 11.6 Å². The molecule has 2 aromatic rings. The first-order valence-corrected chi connectivity index (χ1v) is 5.85. The van der Waals surface area contributed by atoms with Gasteiger partial charge in [-0.1, -0.05) is 17.4 Å². The van der Waals surface area contributed by atoms with Crippen LogP contribution >= 0.6 is 11.3 Å². The number of hydrogen-bond acceptors (Lipinski definition) is 3. The molecule has 6 heteroatoms. The van der Waals surface area contributed by atoms with Crippen molar-refractivity contribution in [1.29, 1.82) is 0 Å². The maximum atomic E-state index is 13.2. The summed E-state index contributed by atoms with van der Waals surface area (Å²) in [5.74, 6) is -1.15. The third kappa shape index (κ3) is 2.98. The van der Waals surface area contributed by atoms with Crippen LogP contribution in [0.4, 0.5) is 8.78 Å². The van der Waals surface area contributed by atoms with E-state index in [4.69, 9.17) is 0 Å². The van der Waals surface area contributed by atoms with E-state index < -0.39 is 11.6 Å². The van der Waals surface area contributed by atoms with E-state index in [2.05, 4.69) is 10.3 Å². The fraction of sp³-hybridized carbons (Fsp3) is 0.182. The van der Waals surface area contributed by atoms with Crippen molar-refractivity contribution >= 4 is 11.3 Å². The summed E-state index contributed by atoms with van der Waals surface area (Å²) in [5, 5.41) is 4.54. The lowest BCUT2D eigenvalue weighted by atomic mass is 10.2. The van der Waals surface area contributed by atoms with Crippen LogP contribution in [0.25, 0.3) is 0 Å². The molecule has 2 N–H and O–H groups in total. The van der Waals surface area contributed by atoms with Crippen LogP contribution in [-0.4, -0.2) is 4.98 Å². The molecule has 0 radical (unpaired) electrons. The van der Waals surface area contributed by atoms with Gasteiger partial charge in [-0.15, -0.1) is 0 Å². The van der Waals surface area contributed by atoms with Crippen LogP contribution < -0.4 is 10.2 Å². The highest BCUT2D eigenvalue weighted by molar-refractivity contribution is 7.07. The average Bonchev–Trinajstić information content (AvgIpc) is 2.69. The van der Waals surface area contributed by atoms with Crippen molar-refractivity contribution < 1.29 is 8.78 Å². The van der Waals surface area contributed by atoms with Crippen molar-refractivity contribution in [3.63, 3.8) is 0 Å². The summed E-state index contributed by atoms with van der Waals surface area (Å²) in [6.07, 6.45) is 0. The molecule has 0 bridgehead atoms. The Kier molecular flexibility index (Phi) is 3.65. The Hall–Kier alpha value is -1.53. The van der Waals surface area contributed by atoms with Gasteiger partial charge in [0.1, 0.15) is 11.6 Å². The van der Waals surface area contributed by atoms with Crippen molar-refractivity contribution in [3.05, 3.63) is 56.1 Å². The van der Waals surface area contributed by atoms with Crippen molar-refractivity contribution in [2.45, 2.75) is 13.1 Å². The number of nitrogens with one attached hydrogen (secondary N) is 2. The first-order valence-electron chi connectivity index (χ1n) is 4.97. The highest BCUT2D eigenvalue weighted by atomic mass is 32.1. The van der Waals surface area contributed by atoms with Gasteiger partial charge in [0.2, 0.25) is 0 Å². The lowest BCUT2D eigenvalue weighted by Gasteiger charge is -2.05. The van der Waals surface area contributed by atoms with Crippen LogP contribution in [0.5, 0.6) is 0 Å². The van der Waals surface area contributed by atoms with Crippen LogP contribution in [0.2, 0.25) is 0 Å². The molecule has 1 heterocycles. The van der Waals surface area contributed by atoms with E-state index in [0.29, 0.717) is 12.2 Å². The molecule has 0 unspecified atom stereocenters. The molecule has 1 aromatic carbocycles. The van der Waals surface area contributed by atoms with Crippen LogP contribution in [-0.2, 0) is 13.1 Å². The number of H-pyrrole nitrogens is 1. The van der Waals surface area contributed by atoms with Crippen molar-refractivity contribution in [2.75, 3.05) is 0 Å². The molecule has 0 fully saturated rings. The number of aromatic amines is 1. The molecule has 0 atom stereocenters. The Labute approximate surface area is 100 Å². The zero-order valence-corrected chi connectivity index (χ0v) is 9.61. The Morgan fingerprint density at radius 1 is 1.24 bits per heavy atom. The molecule has 1 aromatic heterocycles. The molecular weight excluding hydrogens is 246 g/mol. The maximum Gasteiger partial charge on any atom is 0.304 e. The molecule has 90 valence electrons. The van der Waals surface area contributed by atoms with Crippen molar-refractivity contribution in [2.24, 2.45) is 0 Å². The monoisotopic (exact) mass is 256 g/mol. The molecule has 0 amide bonds. The van der Waals surface area contributed by atoms with E-state index >= 15 is 0 Å². The van der Waals surface area contributed by atoms with Gasteiger partial charge in [-0.3, -0.25) is 4.79 Å². The van der Waals surface area contributed by atoms with Gasteiger partial charge in [-0.05, 0) is 12.1 Å². The smallest absolute Gasteiger partial charge is 0.304 e. The SMILES string of the molecule is O=c1[nH]c(CNCc2c(F)cccc2F)cs1. The van der Waals surface area contributed by atoms with Gasteiger partial charge >= 0.3 is 4.87 Å². The lowest BCUT2D eigenvalue weighted by Crippen LogP contribution is -2.15. The molecule has 17 heavy (non-hydrogen) atoms. The zero-order chi connectivity index (χ0) is 12.3. The lowest BCUT2D eigenvalue weighted by molar-refractivity contribution is 0.534. The quantitative estimate of drug-likeness (QED) is 0.879. The molecule has 2 rings (SSSR count). The second-order valence-corrected chi connectivity index (χ2v) is 4.32. The van der Waals surface area contributed by atoms with E-state index in [1.807, 2.05) is 0 Å². The molecule has 3 nitrogen and oxygen atoms in total. The molecular formula is C11H10F2N2OS. The van der Waals surface area contributed by atoms with Gasteiger partial charge in [0.25, 0.3) is 0 Å². The van der Waals surface area contributed by atoms with E-state index in [1.54, 1.807) is 5.38 Å². The summed E-state index contributed by atoms with van der Waals surface area (Å²) in [7, 11) is 0. The number of benzene rings is 1. The first-order chi connectivity index (χ1) is 8.16. The fourth-order valence-electron chi connectivity index (χ4n) is 1.42. The zero-order valence-electron chi connectivity index (χ0n) is 8.80. The van der Waals surface area contributed by atoms with Crippen LogP contribution in [0.1, 0.15) is 11.3 Å². The predicted molar refractivity (Wildman–Crippen MR) is 61.8 cm³/mol. The van der Waals surface area contributed by atoms with Gasteiger partial charge in [0.05, 0.1) is 0 Å². The van der Waals surface area contributed by atoms with Gasteiger partial charge in [0.15, 0.2) is 0 Å². The normalized spacial score (nSPS) is 10.7. The Bertz CT molecular complexity index is 544. The number of halogens is 2. The Morgan fingerprint density at radius 2 is 1.94 bits per heavy atom. The molecule has 0 saturated carbocycles. The van der Waals surface area contributed by atoms with Gasteiger partial charge in [-0.25, -0.2) is 8.78 Å². The summed E-state index contributed by atoms with van der Waals surface area (Å²) < 4.78 is 26.5. The Balaban J connectivity index is 1.96. The number of thiazole rings is 1. The summed E-state index contributed by atoms with van der Waals surface area (Å²) in [6, 6.07) is 3.75. The van der Waals surface area contributed by atoms with Crippen LogP contribution in [0.15, 0.2) is 28.4 Å². The van der Waals surface area contributed by atoms with Crippen LogP contribution in [0.3, 0.4) is 0 Å². The average molecular weight is 256 g/mol. The standard InChI is InChI=1S/C11H10F2N2OS/c12-9-2-1-3-10(13)8(9)5-14-4-7-6-17-11(16)15-7/h1-3,6,14H,4-5H2,(H,15,16). The molecule has 0 aliphatic carbocycles. The highest BCUT2D eigenvalue weighted by Gasteiger charge is 2.07. The van der Waals surface area contributed by atoms with Crippen molar-refractivity contribution in [3.8, 4) is 0 Å². The number of hydrogen-bond donors (Lipinski definition) is 2. The predicted octanol–water partition coefficient (Wildman–Crippen LogP) is 2.00. The van der Waals surface area contributed by atoms with E-state index in [9.17, 15) is 13.6 Å². The molecule has 0 aliphatic heterocycles. The molecule has 0 aliphatic rings. The summed E-state index contributed by atoms with van der Waals surface area (Å²) in [5.41, 5.74) is 0.710. The number of rotatable bonds is 4. The minimum absolute atomic E-state index is 0.00470. The fourth-order valence-corrected chi connectivity index (χ4v) is 2.01. The maximum absolute atomic E-state index is 13.2. The van der Waals surface area contributed by atoms with E-state index in [1.165, 1.54) is 18.2 Å². The minimum Gasteiger partial charge on any atom is -0.315 e. The van der Waals surface area contributed by atoms with Crippen molar-refractivity contribution in [1.82, 2.24) is 10.3 Å². The summed E-state index contributed by atoms with van der Waals surface area (Å²) in [6.45, 7) is 0.447. The van der Waals surface area contributed by atoms with Gasteiger partial charge in [-0.2, -0.15) is 0 Å². The third-order valence-corrected chi connectivity index (χ3v) is 2.97.